The maximum atomic E-state index is 12.7. The molecule has 3 rings (SSSR count). The maximum Gasteiger partial charge on any atom is 0.343 e. The highest BCUT2D eigenvalue weighted by Gasteiger charge is 2.16. The fourth-order valence-corrected chi connectivity index (χ4v) is 4.50. The quantitative estimate of drug-likeness (QED) is 0.154. The SMILES string of the molecule is COc1ccc(C(=O)NCC(=O)NN=Cc2cc(Br)cc(Br)c2OC(=O)c2cccc(C)c2)cc1OC. The Morgan fingerprint density at radius 3 is 2.41 bits per heavy atom. The largest absolute Gasteiger partial charge is 0.493 e. The van der Waals surface area contributed by atoms with E-state index in [1.165, 1.54) is 26.5 Å². The number of hydrazone groups is 1. The number of carbonyl (C=O) groups excluding carboxylic acids is 3. The summed E-state index contributed by atoms with van der Waals surface area (Å²) in [7, 11) is 2.95. The lowest BCUT2D eigenvalue weighted by molar-refractivity contribution is -0.120. The van der Waals surface area contributed by atoms with Gasteiger partial charge < -0.3 is 19.5 Å². The number of rotatable bonds is 9. The van der Waals surface area contributed by atoms with Gasteiger partial charge in [0.25, 0.3) is 11.8 Å². The lowest BCUT2D eigenvalue weighted by Gasteiger charge is -2.11. The van der Waals surface area contributed by atoms with Crippen molar-refractivity contribution < 1.29 is 28.6 Å². The number of carbonyl (C=O) groups is 3. The van der Waals surface area contributed by atoms with Crippen LogP contribution >= 0.6 is 31.9 Å². The van der Waals surface area contributed by atoms with E-state index in [-0.39, 0.29) is 12.3 Å². The van der Waals surface area contributed by atoms with Crippen LogP contribution in [0.3, 0.4) is 0 Å². The predicted octanol–water partition coefficient (Wildman–Crippen LogP) is 4.64. The number of amides is 2. The lowest BCUT2D eigenvalue weighted by atomic mass is 10.1. The van der Waals surface area contributed by atoms with Crippen molar-refractivity contribution in [3.8, 4) is 17.2 Å². The van der Waals surface area contributed by atoms with Gasteiger partial charge in [-0.25, -0.2) is 10.2 Å². The Labute approximate surface area is 230 Å². The van der Waals surface area contributed by atoms with Crippen molar-refractivity contribution in [2.24, 2.45) is 5.10 Å². The first-order valence-electron chi connectivity index (χ1n) is 10.8. The third-order valence-corrected chi connectivity index (χ3v) is 5.98. The van der Waals surface area contributed by atoms with Crippen LogP contribution in [0, 0.1) is 6.92 Å². The van der Waals surface area contributed by atoms with Crippen molar-refractivity contribution in [3.05, 3.63) is 85.8 Å². The van der Waals surface area contributed by atoms with Gasteiger partial charge in [-0.2, -0.15) is 5.10 Å². The van der Waals surface area contributed by atoms with Crippen LogP contribution in [0.4, 0.5) is 0 Å². The van der Waals surface area contributed by atoms with E-state index in [1.807, 2.05) is 13.0 Å². The van der Waals surface area contributed by atoms with Gasteiger partial charge in [-0.1, -0.05) is 33.6 Å². The minimum atomic E-state index is -0.558. The molecule has 0 aliphatic heterocycles. The molecule has 0 bridgehead atoms. The number of hydrogen-bond donors (Lipinski definition) is 2. The molecule has 0 aromatic heterocycles. The molecule has 192 valence electrons. The van der Waals surface area contributed by atoms with Gasteiger partial charge in [0.2, 0.25) is 0 Å². The van der Waals surface area contributed by atoms with Gasteiger partial charge in [0.05, 0.1) is 37.0 Å². The fourth-order valence-electron chi connectivity index (χ4n) is 3.16. The summed E-state index contributed by atoms with van der Waals surface area (Å²) in [6, 6.07) is 15.1. The van der Waals surface area contributed by atoms with E-state index in [0.29, 0.717) is 37.1 Å². The number of halogens is 2. The maximum absolute atomic E-state index is 12.7. The molecule has 0 radical (unpaired) electrons. The van der Waals surface area contributed by atoms with Crippen LogP contribution in [-0.2, 0) is 4.79 Å². The third-order valence-electron chi connectivity index (χ3n) is 4.93. The highest BCUT2D eigenvalue weighted by molar-refractivity contribution is 9.11. The summed E-state index contributed by atoms with van der Waals surface area (Å²) in [4.78, 5) is 37.3. The Morgan fingerprint density at radius 1 is 0.946 bits per heavy atom. The smallest absolute Gasteiger partial charge is 0.343 e. The minimum Gasteiger partial charge on any atom is -0.493 e. The van der Waals surface area contributed by atoms with Crippen molar-refractivity contribution in [2.75, 3.05) is 20.8 Å². The molecule has 11 heteroatoms. The van der Waals surface area contributed by atoms with Gasteiger partial charge in [0, 0.05) is 15.6 Å². The van der Waals surface area contributed by atoms with E-state index in [0.717, 1.165) is 5.56 Å². The van der Waals surface area contributed by atoms with Crippen molar-refractivity contribution in [1.82, 2.24) is 10.7 Å². The fraction of sp³-hybridized carbons (Fsp3) is 0.154. The molecule has 0 fully saturated rings. The summed E-state index contributed by atoms with van der Waals surface area (Å²) < 4.78 is 17.2. The molecular weight excluding hydrogens is 610 g/mol. The number of methoxy groups -OCH3 is 2. The Kier molecular flexibility index (Phi) is 9.81. The second-order valence-electron chi connectivity index (χ2n) is 7.61. The highest BCUT2D eigenvalue weighted by Crippen LogP contribution is 2.33. The number of esters is 1. The monoisotopic (exact) mass is 631 g/mol. The minimum absolute atomic E-state index is 0.231. The predicted molar refractivity (Wildman–Crippen MR) is 146 cm³/mol. The molecule has 2 amide bonds. The van der Waals surface area contributed by atoms with Gasteiger partial charge in [-0.05, 0) is 65.3 Å². The second-order valence-corrected chi connectivity index (χ2v) is 9.38. The zero-order valence-corrected chi connectivity index (χ0v) is 23.3. The first kappa shape index (κ1) is 27.9. The van der Waals surface area contributed by atoms with Crippen molar-refractivity contribution in [1.29, 1.82) is 0 Å². The van der Waals surface area contributed by atoms with Crippen LogP contribution in [0.1, 0.15) is 31.8 Å². The molecule has 9 nitrogen and oxygen atoms in total. The zero-order chi connectivity index (χ0) is 26.9. The lowest BCUT2D eigenvalue weighted by Crippen LogP contribution is -2.34. The molecule has 0 saturated carbocycles. The Hall–Kier alpha value is -3.70. The van der Waals surface area contributed by atoms with Crippen molar-refractivity contribution in [2.45, 2.75) is 6.92 Å². The number of benzene rings is 3. The summed E-state index contributed by atoms with van der Waals surface area (Å²) in [5.74, 6) is -0.464. The molecule has 2 N–H and O–H groups in total. The summed E-state index contributed by atoms with van der Waals surface area (Å²) in [5, 5.41) is 6.44. The molecule has 0 spiro atoms. The topological polar surface area (TPSA) is 115 Å². The van der Waals surface area contributed by atoms with Crippen LogP contribution in [-0.4, -0.2) is 44.8 Å². The summed E-state index contributed by atoms with van der Waals surface area (Å²) in [6.45, 7) is 1.56. The molecule has 3 aromatic carbocycles. The highest BCUT2D eigenvalue weighted by atomic mass is 79.9. The summed E-state index contributed by atoms with van der Waals surface area (Å²) in [6.07, 6.45) is 1.34. The normalized spacial score (nSPS) is 10.6. The number of hydrogen-bond acceptors (Lipinski definition) is 7. The third kappa shape index (κ3) is 7.64. The zero-order valence-electron chi connectivity index (χ0n) is 20.1. The van der Waals surface area contributed by atoms with Crippen molar-refractivity contribution in [3.63, 3.8) is 0 Å². The molecule has 0 heterocycles. The first-order chi connectivity index (χ1) is 17.7. The number of ether oxygens (including phenoxy) is 3. The first-order valence-corrected chi connectivity index (χ1v) is 12.4. The van der Waals surface area contributed by atoms with Gasteiger partial charge >= 0.3 is 5.97 Å². The molecule has 37 heavy (non-hydrogen) atoms. The van der Waals surface area contributed by atoms with Crippen LogP contribution in [0.15, 0.2) is 68.6 Å². The second kappa shape index (κ2) is 13.0. The van der Waals surface area contributed by atoms with E-state index in [1.54, 1.807) is 42.5 Å². The number of nitrogens with one attached hydrogen (secondary N) is 2. The van der Waals surface area contributed by atoms with E-state index in [4.69, 9.17) is 14.2 Å². The van der Waals surface area contributed by atoms with Crippen molar-refractivity contribution >= 4 is 55.9 Å². The average molecular weight is 633 g/mol. The summed E-state index contributed by atoms with van der Waals surface area (Å²) >= 11 is 6.78. The molecule has 0 aliphatic carbocycles. The van der Waals surface area contributed by atoms with Gasteiger partial charge in [0.1, 0.15) is 0 Å². The van der Waals surface area contributed by atoms with Gasteiger partial charge in [-0.15, -0.1) is 0 Å². The van der Waals surface area contributed by atoms with Crippen LogP contribution < -0.4 is 25.0 Å². The molecule has 3 aromatic rings. The Balaban J connectivity index is 1.64. The van der Waals surface area contributed by atoms with Gasteiger partial charge in [0.15, 0.2) is 17.2 Å². The number of aryl methyl sites for hydroxylation is 1. The number of nitrogens with zero attached hydrogens (tertiary/aromatic N) is 1. The molecule has 0 unspecified atom stereocenters. The summed E-state index contributed by atoms with van der Waals surface area (Å²) in [5.41, 5.74) is 4.39. The van der Waals surface area contributed by atoms with Crippen LogP contribution in [0.2, 0.25) is 0 Å². The molecule has 0 saturated heterocycles. The van der Waals surface area contributed by atoms with Crippen LogP contribution in [0.25, 0.3) is 0 Å². The molecular formula is C26H23Br2N3O6. The van der Waals surface area contributed by atoms with E-state index in [2.05, 4.69) is 47.7 Å². The molecule has 0 atom stereocenters. The molecule has 0 aliphatic rings. The van der Waals surface area contributed by atoms with E-state index in [9.17, 15) is 14.4 Å². The van der Waals surface area contributed by atoms with Crippen LogP contribution in [0.5, 0.6) is 17.2 Å². The average Bonchev–Trinajstić information content (AvgIpc) is 2.88. The van der Waals surface area contributed by atoms with Gasteiger partial charge in [-0.3, -0.25) is 9.59 Å². The standard InChI is InChI=1S/C26H23Br2N3O6/c1-15-5-4-6-17(9-15)26(34)37-24-18(10-19(27)12-20(24)28)13-30-31-23(32)14-29-25(33)16-7-8-21(35-2)22(11-16)36-3/h4-13H,14H2,1-3H3,(H,29,33)(H,31,32). The Bertz CT molecular complexity index is 1360. The Morgan fingerprint density at radius 2 is 1.70 bits per heavy atom. The van der Waals surface area contributed by atoms with E-state index >= 15 is 0 Å². The van der Waals surface area contributed by atoms with E-state index < -0.39 is 17.8 Å².